The molecule has 0 aliphatic rings. The van der Waals surface area contributed by atoms with E-state index in [1.807, 2.05) is 18.2 Å². The van der Waals surface area contributed by atoms with Gasteiger partial charge in [0.05, 0.1) is 6.42 Å². The number of hydrogen-bond donors (Lipinski definition) is 1. The zero-order chi connectivity index (χ0) is 14.7. The Kier molecular flexibility index (Phi) is 3.64. The molecule has 0 saturated carbocycles. The summed E-state index contributed by atoms with van der Waals surface area (Å²) >= 11 is 0. The van der Waals surface area contributed by atoms with Crippen molar-refractivity contribution in [2.45, 2.75) is 13.0 Å². The summed E-state index contributed by atoms with van der Waals surface area (Å²) in [5.74, 6) is -0.491. The average molecular weight is 284 g/mol. The van der Waals surface area contributed by atoms with E-state index in [4.69, 9.17) is 4.42 Å². The molecular formula is C16H13FN2O2. The van der Waals surface area contributed by atoms with Gasteiger partial charge in [0.15, 0.2) is 12.0 Å². The van der Waals surface area contributed by atoms with Crippen molar-refractivity contribution in [3.63, 3.8) is 0 Å². The number of carbonyl (C=O) groups excluding carboxylic acids is 1. The lowest BCUT2D eigenvalue weighted by Gasteiger charge is -2.05. The van der Waals surface area contributed by atoms with Crippen molar-refractivity contribution in [1.29, 1.82) is 0 Å². The van der Waals surface area contributed by atoms with Crippen LogP contribution in [0.1, 0.15) is 11.1 Å². The number of carbonyl (C=O) groups is 1. The van der Waals surface area contributed by atoms with Crippen molar-refractivity contribution >= 4 is 17.0 Å². The number of aromatic nitrogens is 1. The fraction of sp³-hybridized carbons (Fsp3) is 0.125. The maximum absolute atomic E-state index is 13.0. The highest BCUT2D eigenvalue weighted by molar-refractivity contribution is 5.79. The lowest BCUT2D eigenvalue weighted by molar-refractivity contribution is -0.120. The van der Waals surface area contributed by atoms with Gasteiger partial charge >= 0.3 is 0 Å². The zero-order valence-electron chi connectivity index (χ0n) is 11.2. The number of benzene rings is 2. The van der Waals surface area contributed by atoms with Gasteiger partial charge in [-0.05, 0) is 35.4 Å². The summed E-state index contributed by atoms with van der Waals surface area (Å²) in [6.45, 7) is 0.394. The number of oxazole rings is 1. The summed E-state index contributed by atoms with van der Waals surface area (Å²) < 4.78 is 18.2. The van der Waals surface area contributed by atoms with Crippen LogP contribution in [0.25, 0.3) is 11.1 Å². The summed E-state index contributed by atoms with van der Waals surface area (Å²) in [4.78, 5) is 15.9. The fourth-order valence-electron chi connectivity index (χ4n) is 2.10. The Morgan fingerprint density at radius 2 is 2.10 bits per heavy atom. The van der Waals surface area contributed by atoms with E-state index in [0.717, 1.165) is 11.1 Å². The molecular weight excluding hydrogens is 271 g/mol. The Bertz CT molecular complexity index is 783. The fourth-order valence-corrected chi connectivity index (χ4v) is 2.10. The maximum atomic E-state index is 13.0. The third kappa shape index (κ3) is 3.25. The van der Waals surface area contributed by atoms with E-state index in [0.29, 0.717) is 17.7 Å². The Hall–Kier alpha value is -2.69. The SMILES string of the molecule is O=C(Cc1cccc(F)c1)NCc1ccc2ncoc2c1. The Morgan fingerprint density at radius 3 is 2.95 bits per heavy atom. The quantitative estimate of drug-likeness (QED) is 0.801. The van der Waals surface area contributed by atoms with Crippen LogP contribution in [0.4, 0.5) is 4.39 Å². The number of hydrogen-bond acceptors (Lipinski definition) is 3. The molecule has 3 aromatic rings. The molecule has 0 saturated heterocycles. The molecule has 2 aromatic carbocycles. The van der Waals surface area contributed by atoms with Crippen LogP contribution >= 0.6 is 0 Å². The molecule has 1 aromatic heterocycles. The Labute approximate surface area is 120 Å². The van der Waals surface area contributed by atoms with Crippen molar-refractivity contribution in [1.82, 2.24) is 10.3 Å². The summed E-state index contributed by atoms with van der Waals surface area (Å²) in [5, 5.41) is 2.80. The third-order valence-corrected chi connectivity index (χ3v) is 3.14. The minimum atomic E-state index is -0.337. The molecule has 0 spiro atoms. The van der Waals surface area contributed by atoms with Gasteiger partial charge in [-0.3, -0.25) is 4.79 Å². The van der Waals surface area contributed by atoms with Gasteiger partial charge in [0.2, 0.25) is 5.91 Å². The number of halogens is 1. The molecule has 4 nitrogen and oxygen atoms in total. The van der Waals surface area contributed by atoms with Crippen molar-refractivity contribution in [3.8, 4) is 0 Å². The topological polar surface area (TPSA) is 55.1 Å². The second-order valence-corrected chi connectivity index (χ2v) is 4.74. The first-order valence-electron chi connectivity index (χ1n) is 6.54. The highest BCUT2D eigenvalue weighted by Gasteiger charge is 2.05. The second-order valence-electron chi connectivity index (χ2n) is 4.74. The molecule has 0 radical (unpaired) electrons. The van der Waals surface area contributed by atoms with Gasteiger partial charge < -0.3 is 9.73 Å². The molecule has 1 heterocycles. The van der Waals surface area contributed by atoms with Gasteiger partial charge in [0.25, 0.3) is 0 Å². The minimum absolute atomic E-state index is 0.154. The predicted octanol–water partition coefficient (Wildman–Crippen LogP) is 2.83. The van der Waals surface area contributed by atoms with Crippen molar-refractivity contribution in [2.75, 3.05) is 0 Å². The van der Waals surface area contributed by atoms with Gasteiger partial charge in [0.1, 0.15) is 11.3 Å². The number of amides is 1. The molecule has 0 fully saturated rings. The molecule has 0 bridgehead atoms. The maximum Gasteiger partial charge on any atom is 0.224 e. The van der Waals surface area contributed by atoms with Crippen LogP contribution in [0.2, 0.25) is 0 Å². The van der Waals surface area contributed by atoms with Gasteiger partial charge in [-0.1, -0.05) is 18.2 Å². The normalized spacial score (nSPS) is 10.7. The smallest absolute Gasteiger partial charge is 0.224 e. The van der Waals surface area contributed by atoms with Crippen molar-refractivity contribution in [2.24, 2.45) is 0 Å². The molecule has 5 heteroatoms. The first-order valence-corrected chi connectivity index (χ1v) is 6.54. The second kappa shape index (κ2) is 5.75. The van der Waals surface area contributed by atoms with Crippen LogP contribution in [0, 0.1) is 5.82 Å². The van der Waals surface area contributed by atoms with E-state index in [9.17, 15) is 9.18 Å². The molecule has 1 amide bonds. The van der Waals surface area contributed by atoms with Crippen LogP contribution in [-0.2, 0) is 17.8 Å². The summed E-state index contributed by atoms with van der Waals surface area (Å²) in [5.41, 5.74) is 3.04. The van der Waals surface area contributed by atoms with Crippen LogP contribution < -0.4 is 5.32 Å². The summed E-state index contributed by atoms with van der Waals surface area (Å²) in [6.07, 6.45) is 1.54. The Morgan fingerprint density at radius 1 is 1.19 bits per heavy atom. The van der Waals surface area contributed by atoms with Crippen LogP contribution in [0.3, 0.4) is 0 Å². The van der Waals surface area contributed by atoms with Crippen LogP contribution in [0.15, 0.2) is 53.3 Å². The summed E-state index contributed by atoms with van der Waals surface area (Å²) in [7, 11) is 0. The molecule has 21 heavy (non-hydrogen) atoms. The van der Waals surface area contributed by atoms with Crippen molar-refractivity contribution < 1.29 is 13.6 Å². The third-order valence-electron chi connectivity index (χ3n) is 3.14. The van der Waals surface area contributed by atoms with Gasteiger partial charge in [-0.15, -0.1) is 0 Å². The molecule has 0 unspecified atom stereocenters. The number of fused-ring (bicyclic) bond motifs is 1. The van der Waals surface area contributed by atoms with Gasteiger partial charge in [-0.2, -0.15) is 0 Å². The lowest BCUT2D eigenvalue weighted by atomic mass is 10.1. The van der Waals surface area contributed by atoms with E-state index in [1.54, 1.807) is 12.1 Å². The minimum Gasteiger partial charge on any atom is -0.443 e. The molecule has 106 valence electrons. The average Bonchev–Trinajstić information content (AvgIpc) is 2.92. The summed E-state index contributed by atoms with van der Waals surface area (Å²) in [6, 6.07) is 11.6. The number of rotatable bonds is 4. The number of nitrogens with zero attached hydrogens (tertiary/aromatic N) is 1. The Balaban J connectivity index is 1.60. The molecule has 0 aliphatic carbocycles. The zero-order valence-corrected chi connectivity index (χ0v) is 11.2. The van der Waals surface area contributed by atoms with E-state index in [1.165, 1.54) is 18.5 Å². The first-order chi connectivity index (χ1) is 10.2. The monoisotopic (exact) mass is 284 g/mol. The predicted molar refractivity (Wildman–Crippen MR) is 76.0 cm³/mol. The molecule has 0 atom stereocenters. The highest BCUT2D eigenvalue weighted by Crippen LogP contribution is 2.14. The molecule has 3 rings (SSSR count). The van der Waals surface area contributed by atoms with E-state index < -0.39 is 0 Å². The molecule has 0 aliphatic heterocycles. The van der Waals surface area contributed by atoms with Crippen LogP contribution in [0.5, 0.6) is 0 Å². The number of nitrogens with one attached hydrogen (secondary N) is 1. The highest BCUT2D eigenvalue weighted by atomic mass is 19.1. The van der Waals surface area contributed by atoms with E-state index >= 15 is 0 Å². The lowest BCUT2D eigenvalue weighted by Crippen LogP contribution is -2.24. The van der Waals surface area contributed by atoms with Crippen LogP contribution in [-0.4, -0.2) is 10.9 Å². The van der Waals surface area contributed by atoms with E-state index in [2.05, 4.69) is 10.3 Å². The first kappa shape index (κ1) is 13.3. The molecule has 1 N–H and O–H groups in total. The van der Waals surface area contributed by atoms with E-state index in [-0.39, 0.29) is 18.1 Å². The standard InChI is InChI=1S/C16H13FN2O2/c17-13-3-1-2-11(6-13)8-16(20)18-9-12-4-5-14-15(7-12)21-10-19-14/h1-7,10H,8-9H2,(H,18,20). The van der Waals surface area contributed by atoms with Gasteiger partial charge in [-0.25, -0.2) is 9.37 Å². The largest absolute Gasteiger partial charge is 0.443 e. The van der Waals surface area contributed by atoms with Gasteiger partial charge in [0, 0.05) is 6.54 Å². The van der Waals surface area contributed by atoms with Crippen molar-refractivity contribution in [3.05, 3.63) is 65.8 Å².